The largest absolute Gasteiger partial charge is 0.495 e. The summed E-state index contributed by atoms with van der Waals surface area (Å²) in [4.78, 5) is 31.0. The third-order valence-electron chi connectivity index (χ3n) is 6.11. The highest BCUT2D eigenvalue weighted by atomic mass is 35.5. The molecule has 1 fully saturated rings. The van der Waals surface area contributed by atoms with Gasteiger partial charge in [-0.25, -0.2) is 9.50 Å². The number of nitrogens with zero attached hydrogens (tertiary/aromatic N) is 4. The second-order valence-corrected chi connectivity index (χ2v) is 8.67. The second-order valence-electron chi connectivity index (χ2n) is 8.23. The molecule has 0 aliphatic carbocycles. The number of methoxy groups -OCH3 is 1. The zero-order valence-electron chi connectivity index (χ0n) is 18.9. The molecule has 3 N–H and O–H groups in total. The highest BCUT2D eigenvalue weighted by molar-refractivity contribution is 6.31. The fourth-order valence-electron chi connectivity index (χ4n) is 4.39. The Morgan fingerprint density at radius 1 is 1.33 bits per heavy atom. The van der Waals surface area contributed by atoms with E-state index in [9.17, 15) is 9.59 Å². The zero-order chi connectivity index (χ0) is 23.7. The number of carbonyl (C=O) groups is 2. The van der Waals surface area contributed by atoms with Crippen LogP contribution in [-0.2, 0) is 11.2 Å². The van der Waals surface area contributed by atoms with Crippen molar-refractivity contribution >= 4 is 34.7 Å². The van der Waals surface area contributed by atoms with E-state index in [0.717, 1.165) is 41.4 Å². The molecule has 0 saturated carbocycles. The summed E-state index contributed by atoms with van der Waals surface area (Å²) in [5.74, 6) is 0.180. The normalized spacial score (nSPS) is 15.8. The molecule has 1 aliphatic rings. The van der Waals surface area contributed by atoms with Crippen LogP contribution in [0, 0.1) is 13.8 Å². The first kappa shape index (κ1) is 22.8. The number of primary amides is 1. The zero-order valence-corrected chi connectivity index (χ0v) is 19.6. The van der Waals surface area contributed by atoms with Crippen molar-refractivity contribution in [3.63, 3.8) is 0 Å². The SMILES string of the molecule is COc1ccc(Cl)cc1N1CCC(NC(=O)CCc2c(C)nc3c(C(N)=O)cnn3c2C)C1. The van der Waals surface area contributed by atoms with E-state index in [1.54, 1.807) is 17.7 Å². The summed E-state index contributed by atoms with van der Waals surface area (Å²) in [6, 6.07) is 5.59. The fraction of sp³-hybridized carbons (Fsp3) is 0.391. The number of ether oxygens (including phenoxy) is 1. The molecule has 174 valence electrons. The van der Waals surface area contributed by atoms with Gasteiger partial charge in [-0.3, -0.25) is 9.59 Å². The van der Waals surface area contributed by atoms with Crippen LogP contribution in [0.3, 0.4) is 0 Å². The maximum atomic E-state index is 12.7. The molecule has 0 radical (unpaired) electrons. The van der Waals surface area contributed by atoms with Crippen molar-refractivity contribution in [1.29, 1.82) is 0 Å². The van der Waals surface area contributed by atoms with E-state index in [-0.39, 0.29) is 17.5 Å². The van der Waals surface area contributed by atoms with Gasteiger partial charge in [-0.15, -0.1) is 0 Å². The van der Waals surface area contributed by atoms with Crippen molar-refractivity contribution in [1.82, 2.24) is 19.9 Å². The van der Waals surface area contributed by atoms with Crippen molar-refractivity contribution in [3.8, 4) is 5.75 Å². The first-order chi connectivity index (χ1) is 15.8. The number of rotatable bonds is 7. The number of hydrogen-bond acceptors (Lipinski definition) is 6. The number of hydrogen-bond donors (Lipinski definition) is 2. The average molecular weight is 471 g/mol. The average Bonchev–Trinajstić information content (AvgIpc) is 3.40. The van der Waals surface area contributed by atoms with Crippen LogP contribution in [0.2, 0.25) is 5.02 Å². The van der Waals surface area contributed by atoms with Gasteiger partial charge in [-0.05, 0) is 50.5 Å². The number of nitrogens with two attached hydrogens (primary N) is 1. The molecule has 3 heterocycles. The molecule has 1 aliphatic heterocycles. The van der Waals surface area contributed by atoms with E-state index in [2.05, 4.69) is 20.3 Å². The Hall–Kier alpha value is -3.33. The van der Waals surface area contributed by atoms with Crippen LogP contribution in [0.5, 0.6) is 5.75 Å². The van der Waals surface area contributed by atoms with E-state index in [0.29, 0.717) is 30.1 Å². The topological polar surface area (TPSA) is 115 Å². The number of aryl methyl sites for hydroxylation is 2. The maximum Gasteiger partial charge on any atom is 0.254 e. The van der Waals surface area contributed by atoms with Gasteiger partial charge in [-0.1, -0.05) is 11.6 Å². The van der Waals surface area contributed by atoms with Crippen LogP contribution in [0.15, 0.2) is 24.4 Å². The fourth-order valence-corrected chi connectivity index (χ4v) is 4.56. The van der Waals surface area contributed by atoms with Gasteiger partial charge >= 0.3 is 0 Å². The predicted molar refractivity (Wildman–Crippen MR) is 126 cm³/mol. The lowest BCUT2D eigenvalue weighted by Crippen LogP contribution is -2.37. The van der Waals surface area contributed by atoms with Gasteiger partial charge in [0.05, 0.1) is 19.0 Å². The van der Waals surface area contributed by atoms with Gasteiger partial charge in [0.2, 0.25) is 5.91 Å². The van der Waals surface area contributed by atoms with Crippen LogP contribution in [-0.4, -0.2) is 52.7 Å². The van der Waals surface area contributed by atoms with Crippen LogP contribution in [0.4, 0.5) is 5.69 Å². The molecule has 1 atom stereocenters. The van der Waals surface area contributed by atoms with Gasteiger partial charge in [-0.2, -0.15) is 5.10 Å². The number of carbonyl (C=O) groups excluding carboxylic acids is 2. The molecule has 9 nitrogen and oxygen atoms in total. The summed E-state index contributed by atoms with van der Waals surface area (Å²) in [6.45, 7) is 5.27. The van der Waals surface area contributed by atoms with Gasteiger partial charge < -0.3 is 20.7 Å². The van der Waals surface area contributed by atoms with Gasteiger partial charge in [0.1, 0.15) is 11.3 Å². The molecular weight excluding hydrogens is 444 g/mol. The standard InChI is InChI=1S/C23H27ClN6O3/c1-13-17(14(2)30-23(27-13)18(11-26-30)22(25)32)5-7-21(31)28-16-8-9-29(12-16)19-10-15(24)4-6-20(19)33-3/h4,6,10-11,16H,5,7-9,12H2,1-3H3,(H2,25,32)(H,28,31). The van der Waals surface area contributed by atoms with E-state index in [1.807, 2.05) is 26.0 Å². The third-order valence-corrected chi connectivity index (χ3v) is 6.35. The molecule has 0 bridgehead atoms. The molecular formula is C23H27ClN6O3. The summed E-state index contributed by atoms with van der Waals surface area (Å²) in [6.07, 6.45) is 3.12. The van der Waals surface area contributed by atoms with Crippen LogP contribution in [0.25, 0.3) is 5.65 Å². The molecule has 0 spiro atoms. The molecule has 1 aromatic carbocycles. The van der Waals surface area contributed by atoms with Crippen molar-refractivity contribution in [2.45, 2.75) is 39.2 Å². The highest BCUT2D eigenvalue weighted by Gasteiger charge is 2.26. The van der Waals surface area contributed by atoms with Crippen molar-refractivity contribution in [2.24, 2.45) is 5.73 Å². The molecule has 2 amide bonds. The van der Waals surface area contributed by atoms with Crippen LogP contribution >= 0.6 is 11.6 Å². The number of amides is 2. The Bertz CT molecular complexity index is 1220. The smallest absolute Gasteiger partial charge is 0.254 e. The predicted octanol–water partition coefficient (Wildman–Crippen LogP) is 2.43. The Morgan fingerprint density at radius 3 is 2.85 bits per heavy atom. The molecule has 4 rings (SSSR count). The number of anilines is 1. The van der Waals surface area contributed by atoms with Crippen molar-refractivity contribution in [2.75, 3.05) is 25.1 Å². The molecule has 1 unspecified atom stereocenters. The van der Waals surface area contributed by atoms with Crippen LogP contribution in [0.1, 0.15) is 40.2 Å². The lowest BCUT2D eigenvalue weighted by molar-refractivity contribution is -0.121. The number of fused-ring (bicyclic) bond motifs is 1. The monoisotopic (exact) mass is 470 g/mol. The molecule has 2 aromatic heterocycles. The lowest BCUT2D eigenvalue weighted by Gasteiger charge is -2.22. The van der Waals surface area contributed by atoms with Gasteiger partial charge in [0, 0.05) is 42.0 Å². The number of nitrogens with one attached hydrogen (secondary N) is 1. The molecule has 3 aromatic rings. The first-order valence-corrected chi connectivity index (χ1v) is 11.2. The Morgan fingerprint density at radius 2 is 2.12 bits per heavy atom. The van der Waals surface area contributed by atoms with E-state index >= 15 is 0 Å². The highest BCUT2D eigenvalue weighted by Crippen LogP contribution is 2.33. The second kappa shape index (κ2) is 9.27. The first-order valence-electron chi connectivity index (χ1n) is 10.8. The van der Waals surface area contributed by atoms with Gasteiger partial charge in [0.25, 0.3) is 5.91 Å². The number of aromatic nitrogens is 3. The van der Waals surface area contributed by atoms with E-state index in [1.165, 1.54) is 6.20 Å². The Balaban J connectivity index is 1.39. The lowest BCUT2D eigenvalue weighted by atomic mass is 10.1. The molecule has 10 heteroatoms. The quantitative estimate of drug-likeness (QED) is 0.548. The Kier molecular flexibility index (Phi) is 6.42. The maximum absolute atomic E-state index is 12.7. The minimum atomic E-state index is -0.565. The van der Waals surface area contributed by atoms with E-state index in [4.69, 9.17) is 22.1 Å². The van der Waals surface area contributed by atoms with Crippen LogP contribution < -0.4 is 20.7 Å². The Labute approximate surface area is 196 Å². The minimum Gasteiger partial charge on any atom is -0.495 e. The minimum absolute atomic E-state index is 0.0166. The summed E-state index contributed by atoms with van der Waals surface area (Å²) >= 11 is 6.16. The molecule has 1 saturated heterocycles. The molecule has 33 heavy (non-hydrogen) atoms. The number of halogens is 1. The third kappa shape index (κ3) is 4.59. The number of benzene rings is 1. The summed E-state index contributed by atoms with van der Waals surface area (Å²) in [5, 5.41) is 8.02. The van der Waals surface area contributed by atoms with E-state index < -0.39 is 5.91 Å². The summed E-state index contributed by atoms with van der Waals surface area (Å²) in [7, 11) is 1.64. The van der Waals surface area contributed by atoms with Crippen molar-refractivity contribution in [3.05, 3.63) is 51.9 Å². The summed E-state index contributed by atoms with van der Waals surface area (Å²) in [5.41, 5.74) is 9.61. The van der Waals surface area contributed by atoms with Gasteiger partial charge in [0.15, 0.2) is 5.65 Å². The summed E-state index contributed by atoms with van der Waals surface area (Å²) < 4.78 is 7.06. The van der Waals surface area contributed by atoms with Crippen molar-refractivity contribution < 1.29 is 14.3 Å².